The van der Waals surface area contributed by atoms with Crippen molar-refractivity contribution in [2.24, 2.45) is 0 Å². The molecule has 0 amide bonds. The van der Waals surface area contributed by atoms with Crippen LogP contribution in [-0.4, -0.2) is 81.8 Å². The SMILES string of the molecule is OCCCCCP(CCCCCO)CC[CH]([Pd])P(CCCCCO)CCCCCO. The third-order valence-corrected chi connectivity index (χ3v) is 13.2. The molecule has 30 heavy (non-hydrogen) atoms. The van der Waals surface area contributed by atoms with E-state index in [1.807, 2.05) is 0 Å². The summed E-state index contributed by atoms with van der Waals surface area (Å²) in [6.45, 7) is 1.25. The van der Waals surface area contributed by atoms with E-state index in [9.17, 15) is 0 Å². The number of hydrogen-bond donors (Lipinski definition) is 4. The molecular formula is C23H49O4P2Pd. The second kappa shape index (κ2) is 25.0. The number of aliphatic hydroxyl groups excluding tert-OH is 4. The van der Waals surface area contributed by atoms with E-state index in [4.69, 9.17) is 20.4 Å². The fourth-order valence-corrected chi connectivity index (χ4v) is 10.7. The first-order valence-electron chi connectivity index (χ1n) is 12.2. The van der Waals surface area contributed by atoms with Crippen LogP contribution in [0, 0.1) is 0 Å². The van der Waals surface area contributed by atoms with Crippen molar-refractivity contribution in [3.05, 3.63) is 0 Å². The van der Waals surface area contributed by atoms with Crippen LogP contribution >= 0.6 is 15.8 Å². The molecule has 0 aliphatic carbocycles. The van der Waals surface area contributed by atoms with E-state index in [0.717, 1.165) is 51.4 Å². The standard InChI is InChI=1S/C23H49O4P2.Pd/c24-14-5-1-9-18-28(19-10-2-6-15-25)22-13-23-29(20-11-3-7-16-26)21-12-4-8-17-27;/h22,24-27H,1-21,23H2;. The van der Waals surface area contributed by atoms with Gasteiger partial charge in [-0.15, -0.1) is 0 Å². The van der Waals surface area contributed by atoms with Crippen LogP contribution in [0.25, 0.3) is 0 Å². The van der Waals surface area contributed by atoms with Crippen molar-refractivity contribution in [3.63, 3.8) is 0 Å². The molecule has 185 valence electrons. The second-order valence-electron chi connectivity index (χ2n) is 8.20. The van der Waals surface area contributed by atoms with Crippen LogP contribution in [0.4, 0.5) is 0 Å². The Labute approximate surface area is 199 Å². The molecule has 0 bridgehead atoms. The van der Waals surface area contributed by atoms with Crippen LogP contribution in [0.1, 0.15) is 83.5 Å². The van der Waals surface area contributed by atoms with Gasteiger partial charge in [0.15, 0.2) is 0 Å². The fourth-order valence-electron chi connectivity index (χ4n) is 3.63. The van der Waals surface area contributed by atoms with Gasteiger partial charge in [-0.3, -0.25) is 0 Å². The van der Waals surface area contributed by atoms with E-state index in [0.29, 0.717) is 30.6 Å². The molecule has 0 radical (unpaired) electrons. The van der Waals surface area contributed by atoms with Crippen molar-refractivity contribution in [1.82, 2.24) is 0 Å². The van der Waals surface area contributed by atoms with Crippen molar-refractivity contribution in [1.29, 1.82) is 0 Å². The van der Waals surface area contributed by atoms with E-state index in [2.05, 4.69) is 19.2 Å². The zero-order valence-electron chi connectivity index (χ0n) is 19.1. The number of rotatable bonds is 24. The van der Waals surface area contributed by atoms with Crippen molar-refractivity contribution in [2.45, 2.75) is 87.6 Å². The van der Waals surface area contributed by atoms with Crippen molar-refractivity contribution >= 4 is 15.8 Å². The van der Waals surface area contributed by atoms with Crippen LogP contribution in [0.15, 0.2) is 0 Å². The van der Waals surface area contributed by atoms with Gasteiger partial charge >= 0.3 is 200 Å². The topological polar surface area (TPSA) is 80.9 Å². The first-order chi connectivity index (χ1) is 14.7. The predicted molar refractivity (Wildman–Crippen MR) is 130 cm³/mol. The zero-order valence-corrected chi connectivity index (χ0v) is 22.5. The summed E-state index contributed by atoms with van der Waals surface area (Å²) in [6.07, 6.45) is 21.2. The molecular weight excluding hydrogens is 509 g/mol. The molecule has 0 aliphatic heterocycles. The molecule has 4 N–H and O–H groups in total. The summed E-state index contributed by atoms with van der Waals surface area (Å²) < 4.78 is 0.672. The molecule has 0 saturated carbocycles. The van der Waals surface area contributed by atoms with Gasteiger partial charge in [-0.25, -0.2) is 0 Å². The number of unbranched alkanes of at least 4 members (excludes halogenated alkanes) is 8. The van der Waals surface area contributed by atoms with E-state index in [-0.39, 0.29) is 15.8 Å². The van der Waals surface area contributed by atoms with Gasteiger partial charge in [0.1, 0.15) is 0 Å². The van der Waals surface area contributed by atoms with Gasteiger partial charge in [0.25, 0.3) is 0 Å². The molecule has 0 aliphatic rings. The summed E-state index contributed by atoms with van der Waals surface area (Å²) in [4.78, 5) is 0. The Hall–Kier alpha value is 1.36. The van der Waals surface area contributed by atoms with Gasteiger partial charge in [0, 0.05) is 0 Å². The molecule has 0 saturated heterocycles. The minimum atomic E-state index is -0.00870. The summed E-state index contributed by atoms with van der Waals surface area (Å²) in [5.74, 6) is 0. The summed E-state index contributed by atoms with van der Waals surface area (Å²) in [5.41, 5.74) is 0. The first kappa shape index (κ1) is 31.4. The van der Waals surface area contributed by atoms with E-state index < -0.39 is 0 Å². The molecule has 0 spiro atoms. The van der Waals surface area contributed by atoms with Gasteiger partial charge in [0.05, 0.1) is 0 Å². The average Bonchev–Trinajstić information content (AvgIpc) is 2.76. The Balaban J connectivity index is 4.48. The minimum absolute atomic E-state index is 0.00870. The summed E-state index contributed by atoms with van der Waals surface area (Å²) in [5, 5.41) is 36.1. The third kappa shape index (κ3) is 20.0. The number of aliphatic hydroxyl groups is 4. The van der Waals surface area contributed by atoms with Crippen molar-refractivity contribution in [3.8, 4) is 0 Å². The van der Waals surface area contributed by atoms with Crippen LogP contribution in [0.3, 0.4) is 0 Å². The predicted octanol–water partition coefficient (Wildman–Crippen LogP) is 4.86. The zero-order chi connectivity index (χ0) is 22.3. The van der Waals surface area contributed by atoms with Gasteiger partial charge in [-0.05, 0) is 0 Å². The molecule has 7 heteroatoms. The fraction of sp³-hybridized carbons (Fsp3) is 1.00. The summed E-state index contributed by atoms with van der Waals surface area (Å²) in [6, 6.07) is 0. The monoisotopic (exact) mass is 557 g/mol. The Morgan fingerprint density at radius 2 is 0.833 bits per heavy atom. The van der Waals surface area contributed by atoms with Gasteiger partial charge in [0.2, 0.25) is 0 Å². The van der Waals surface area contributed by atoms with Crippen LogP contribution in [0.2, 0.25) is 0 Å². The Kier molecular flexibility index (Phi) is 26.1. The van der Waals surface area contributed by atoms with Crippen molar-refractivity contribution < 1.29 is 39.6 Å². The molecule has 0 heterocycles. The molecule has 0 aromatic carbocycles. The Morgan fingerprint density at radius 3 is 1.20 bits per heavy atom. The van der Waals surface area contributed by atoms with Gasteiger partial charge < -0.3 is 0 Å². The van der Waals surface area contributed by atoms with Crippen LogP contribution in [-0.2, 0) is 19.2 Å². The Morgan fingerprint density at radius 1 is 0.467 bits per heavy atom. The molecule has 0 rings (SSSR count). The molecule has 0 fully saturated rings. The summed E-state index contributed by atoms with van der Waals surface area (Å²) in [7, 11) is 0.0599. The molecule has 4 nitrogen and oxygen atoms in total. The second-order valence-corrected chi connectivity index (χ2v) is 15.3. The maximum absolute atomic E-state index is 9.04. The average molecular weight is 558 g/mol. The van der Waals surface area contributed by atoms with Gasteiger partial charge in [-0.1, -0.05) is 0 Å². The Bertz CT molecular complexity index is 316. The molecule has 1 unspecified atom stereocenters. The molecule has 0 aromatic rings. The number of hydrogen-bond acceptors (Lipinski definition) is 4. The van der Waals surface area contributed by atoms with Crippen LogP contribution in [0.5, 0.6) is 0 Å². The van der Waals surface area contributed by atoms with Crippen molar-refractivity contribution in [2.75, 3.05) is 57.2 Å². The normalized spacial score (nSPS) is 12.9. The van der Waals surface area contributed by atoms with E-state index in [1.165, 1.54) is 62.9 Å². The van der Waals surface area contributed by atoms with Crippen LogP contribution < -0.4 is 0 Å². The quantitative estimate of drug-likeness (QED) is 0.0776. The first-order valence-corrected chi connectivity index (χ1v) is 16.8. The maximum atomic E-state index is 9.04. The third-order valence-electron chi connectivity index (χ3n) is 5.51. The molecule has 0 aromatic heterocycles. The van der Waals surface area contributed by atoms with Gasteiger partial charge in [-0.2, -0.15) is 0 Å². The molecule has 1 atom stereocenters. The van der Waals surface area contributed by atoms with E-state index in [1.54, 1.807) is 0 Å². The summed E-state index contributed by atoms with van der Waals surface area (Å²) >= 11 is 3.75. The van der Waals surface area contributed by atoms with E-state index >= 15 is 0 Å².